The predicted molar refractivity (Wildman–Crippen MR) is 106 cm³/mol. The van der Waals surface area contributed by atoms with Gasteiger partial charge in [-0.15, -0.1) is 0 Å². The second-order valence-electron chi connectivity index (χ2n) is 6.63. The first kappa shape index (κ1) is 18.8. The third-order valence-corrected chi connectivity index (χ3v) is 4.94. The standard InChI is InChI=1S/C21H21N3O5/c1-26-15-6-4-13(5-7-15)20-22-21(29-23-20)14-10-19(25)24(12-14)17-11-16(27-2)8-9-18(17)28-3/h4-9,11,14H,10,12H2,1-3H3/t14-/m1/s1. The summed E-state index contributed by atoms with van der Waals surface area (Å²) in [5.74, 6) is 2.69. The number of carbonyl (C=O) groups is 1. The normalized spacial score (nSPS) is 16.2. The number of anilines is 1. The fourth-order valence-corrected chi connectivity index (χ4v) is 3.37. The van der Waals surface area contributed by atoms with Crippen LogP contribution in [-0.4, -0.2) is 43.9 Å². The van der Waals surface area contributed by atoms with E-state index in [1.165, 1.54) is 0 Å². The molecule has 29 heavy (non-hydrogen) atoms. The Labute approximate surface area is 168 Å². The molecule has 0 aliphatic carbocycles. The monoisotopic (exact) mass is 395 g/mol. The van der Waals surface area contributed by atoms with Crippen LogP contribution in [0, 0.1) is 0 Å². The van der Waals surface area contributed by atoms with E-state index in [1.807, 2.05) is 24.3 Å². The second-order valence-corrected chi connectivity index (χ2v) is 6.63. The van der Waals surface area contributed by atoms with Crippen LogP contribution in [0.2, 0.25) is 0 Å². The van der Waals surface area contributed by atoms with Crippen molar-refractivity contribution in [2.45, 2.75) is 12.3 Å². The maximum Gasteiger partial charge on any atom is 0.232 e. The van der Waals surface area contributed by atoms with Crippen molar-refractivity contribution in [1.29, 1.82) is 0 Å². The molecule has 1 saturated heterocycles. The van der Waals surface area contributed by atoms with Crippen LogP contribution < -0.4 is 19.1 Å². The lowest BCUT2D eigenvalue weighted by atomic mass is 10.1. The first-order chi connectivity index (χ1) is 14.1. The number of hydrogen-bond acceptors (Lipinski definition) is 7. The molecule has 2 heterocycles. The summed E-state index contributed by atoms with van der Waals surface area (Å²) in [6.07, 6.45) is 0.282. The van der Waals surface area contributed by atoms with Crippen molar-refractivity contribution in [3.05, 3.63) is 48.4 Å². The van der Waals surface area contributed by atoms with Crippen LogP contribution in [-0.2, 0) is 4.79 Å². The number of benzene rings is 2. The summed E-state index contributed by atoms with van der Waals surface area (Å²) in [6, 6.07) is 12.8. The van der Waals surface area contributed by atoms with E-state index in [0.29, 0.717) is 35.4 Å². The van der Waals surface area contributed by atoms with Crippen molar-refractivity contribution in [3.8, 4) is 28.6 Å². The number of ether oxygens (including phenoxy) is 3. The van der Waals surface area contributed by atoms with Gasteiger partial charge >= 0.3 is 0 Å². The molecule has 1 fully saturated rings. The van der Waals surface area contributed by atoms with Crippen LogP contribution in [0.3, 0.4) is 0 Å². The highest BCUT2D eigenvalue weighted by molar-refractivity contribution is 5.98. The zero-order chi connectivity index (χ0) is 20.4. The van der Waals surface area contributed by atoms with Crippen molar-refractivity contribution in [2.24, 2.45) is 0 Å². The molecule has 0 unspecified atom stereocenters. The number of amides is 1. The van der Waals surface area contributed by atoms with E-state index in [4.69, 9.17) is 18.7 Å². The maximum absolute atomic E-state index is 12.7. The Bertz CT molecular complexity index is 1020. The second kappa shape index (κ2) is 7.83. The molecule has 1 aromatic heterocycles. The average Bonchev–Trinajstić information content (AvgIpc) is 3.40. The summed E-state index contributed by atoms with van der Waals surface area (Å²) in [5.41, 5.74) is 1.48. The molecule has 150 valence electrons. The van der Waals surface area contributed by atoms with Crippen molar-refractivity contribution in [2.75, 3.05) is 32.8 Å². The van der Waals surface area contributed by atoms with Gasteiger partial charge in [-0.3, -0.25) is 4.79 Å². The minimum atomic E-state index is -0.196. The van der Waals surface area contributed by atoms with E-state index in [2.05, 4.69) is 10.1 Å². The summed E-state index contributed by atoms with van der Waals surface area (Å²) in [4.78, 5) is 18.9. The molecule has 4 rings (SSSR count). The van der Waals surface area contributed by atoms with Crippen LogP contribution in [0.1, 0.15) is 18.2 Å². The van der Waals surface area contributed by atoms with E-state index < -0.39 is 0 Å². The molecule has 0 spiro atoms. The van der Waals surface area contributed by atoms with Gasteiger partial charge in [0.25, 0.3) is 0 Å². The van der Waals surface area contributed by atoms with Gasteiger partial charge in [-0.2, -0.15) is 4.98 Å². The highest BCUT2D eigenvalue weighted by Crippen LogP contribution is 2.38. The predicted octanol–water partition coefficient (Wildman–Crippen LogP) is 3.28. The van der Waals surface area contributed by atoms with Gasteiger partial charge in [0.15, 0.2) is 0 Å². The molecule has 0 saturated carbocycles. The number of methoxy groups -OCH3 is 3. The summed E-state index contributed by atoms with van der Waals surface area (Å²) in [5, 5.41) is 4.07. The molecule has 1 amide bonds. The highest BCUT2D eigenvalue weighted by atomic mass is 16.5. The Kier molecular flexibility index (Phi) is 5.07. The molecular formula is C21H21N3O5. The minimum absolute atomic E-state index is 0.0363. The number of hydrogen-bond donors (Lipinski definition) is 0. The smallest absolute Gasteiger partial charge is 0.232 e. The first-order valence-electron chi connectivity index (χ1n) is 9.13. The largest absolute Gasteiger partial charge is 0.497 e. The van der Waals surface area contributed by atoms with Gasteiger partial charge in [-0.05, 0) is 36.4 Å². The highest BCUT2D eigenvalue weighted by Gasteiger charge is 2.36. The third-order valence-electron chi connectivity index (χ3n) is 4.94. The first-order valence-corrected chi connectivity index (χ1v) is 9.13. The summed E-state index contributed by atoms with van der Waals surface area (Å²) in [6.45, 7) is 0.423. The van der Waals surface area contributed by atoms with Crippen LogP contribution in [0.25, 0.3) is 11.4 Å². The van der Waals surface area contributed by atoms with Gasteiger partial charge in [-0.25, -0.2) is 0 Å². The zero-order valence-electron chi connectivity index (χ0n) is 16.4. The van der Waals surface area contributed by atoms with Gasteiger partial charge in [0.2, 0.25) is 17.6 Å². The molecular weight excluding hydrogens is 374 g/mol. The fraction of sp³-hybridized carbons (Fsp3) is 0.286. The summed E-state index contributed by atoms with van der Waals surface area (Å²) >= 11 is 0. The molecule has 1 aliphatic rings. The third kappa shape index (κ3) is 3.61. The molecule has 1 aliphatic heterocycles. The Hall–Kier alpha value is -3.55. The van der Waals surface area contributed by atoms with Gasteiger partial charge < -0.3 is 23.6 Å². The Morgan fingerprint density at radius 2 is 1.72 bits per heavy atom. The lowest BCUT2D eigenvalue weighted by Gasteiger charge is -2.20. The van der Waals surface area contributed by atoms with Gasteiger partial charge in [0.1, 0.15) is 17.2 Å². The molecule has 3 aromatic rings. The minimum Gasteiger partial charge on any atom is -0.497 e. The lowest BCUT2D eigenvalue weighted by molar-refractivity contribution is -0.117. The quantitative estimate of drug-likeness (QED) is 0.633. The number of nitrogens with zero attached hydrogens (tertiary/aromatic N) is 3. The molecule has 2 aromatic carbocycles. The van der Waals surface area contributed by atoms with Gasteiger partial charge in [0, 0.05) is 24.6 Å². The number of carbonyl (C=O) groups excluding carboxylic acids is 1. The fourth-order valence-electron chi connectivity index (χ4n) is 3.37. The topological polar surface area (TPSA) is 86.9 Å². The lowest BCUT2D eigenvalue weighted by Crippen LogP contribution is -2.24. The van der Waals surface area contributed by atoms with E-state index in [9.17, 15) is 4.79 Å². The van der Waals surface area contributed by atoms with Crippen molar-refractivity contribution in [1.82, 2.24) is 10.1 Å². The van der Waals surface area contributed by atoms with E-state index in [-0.39, 0.29) is 18.2 Å². The molecule has 0 N–H and O–H groups in total. The van der Waals surface area contributed by atoms with Crippen LogP contribution in [0.15, 0.2) is 47.0 Å². The maximum atomic E-state index is 12.7. The van der Waals surface area contributed by atoms with Gasteiger partial charge in [0.05, 0.1) is 32.9 Å². The van der Waals surface area contributed by atoms with Crippen LogP contribution in [0.5, 0.6) is 17.2 Å². The van der Waals surface area contributed by atoms with Gasteiger partial charge in [-0.1, -0.05) is 5.16 Å². The van der Waals surface area contributed by atoms with E-state index in [1.54, 1.807) is 44.4 Å². The van der Waals surface area contributed by atoms with Crippen LogP contribution >= 0.6 is 0 Å². The van der Waals surface area contributed by atoms with E-state index in [0.717, 1.165) is 11.3 Å². The SMILES string of the molecule is COc1ccc(-c2noc([C@@H]3CC(=O)N(c4cc(OC)ccc4OC)C3)n2)cc1. The number of aromatic nitrogens is 2. The molecule has 8 heteroatoms. The van der Waals surface area contributed by atoms with E-state index >= 15 is 0 Å². The zero-order valence-corrected chi connectivity index (χ0v) is 16.4. The van der Waals surface area contributed by atoms with Crippen LogP contribution in [0.4, 0.5) is 5.69 Å². The molecule has 1 atom stereocenters. The Morgan fingerprint density at radius 1 is 1.00 bits per heavy atom. The summed E-state index contributed by atoms with van der Waals surface area (Å²) in [7, 11) is 4.77. The summed E-state index contributed by atoms with van der Waals surface area (Å²) < 4.78 is 21.3. The molecule has 0 radical (unpaired) electrons. The average molecular weight is 395 g/mol. The van der Waals surface area contributed by atoms with Crippen molar-refractivity contribution in [3.63, 3.8) is 0 Å². The molecule has 0 bridgehead atoms. The number of rotatable bonds is 6. The molecule has 8 nitrogen and oxygen atoms in total. The van der Waals surface area contributed by atoms with Crippen molar-refractivity contribution < 1.29 is 23.5 Å². The van der Waals surface area contributed by atoms with Crippen molar-refractivity contribution >= 4 is 11.6 Å². The Morgan fingerprint density at radius 3 is 2.41 bits per heavy atom. The Balaban J connectivity index is 1.56.